The van der Waals surface area contributed by atoms with Crippen LogP contribution >= 0.6 is 15.9 Å². The fourth-order valence-corrected chi connectivity index (χ4v) is 2.96. The smallest absolute Gasteiger partial charge is 0.239 e. The van der Waals surface area contributed by atoms with Crippen LogP contribution in [-0.2, 0) is 0 Å². The average Bonchev–Trinajstić information content (AvgIpc) is 3.26. The summed E-state index contributed by atoms with van der Waals surface area (Å²) in [5, 5.41) is 4.07. The van der Waals surface area contributed by atoms with E-state index in [-0.39, 0.29) is 5.92 Å². The van der Waals surface area contributed by atoms with Gasteiger partial charge in [0.25, 0.3) is 0 Å². The number of rotatable bonds is 4. The van der Waals surface area contributed by atoms with Gasteiger partial charge in [-0.1, -0.05) is 65.8 Å². The van der Waals surface area contributed by atoms with E-state index >= 15 is 0 Å². The van der Waals surface area contributed by atoms with E-state index in [1.54, 1.807) is 12.1 Å². The van der Waals surface area contributed by atoms with Crippen molar-refractivity contribution in [3.05, 3.63) is 94.5 Å². The summed E-state index contributed by atoms with van der Waals surface area (Å²) in [5.74, 6) is 1.42. The molecule has 0 saturated heterocycles. The lowest BCUT2D eigenvalue weighted by molar-refractivity contribution is 0.374. The van der Waals surface area contributed by atoms with Crippen LogP contribution in [0.1, 0.15) is 22.9 Å². The standard InChI is InChI=1S/C19H13BrN2O2/c20-16-12-11-15(23-16)18-21-19(24-22-18)17(13-7-3-1-4-8-13)14-9-5-2-6-10-14/h1-12,17H. The molecule has 118 valence electrons. The lowest BCUT2D eigenvalue weighted by atomic mass is 9.91. The van der Waals surface area contributed by atoms with Crippen LogP contribution in [-0.4, -0.2) is 10.1 Å². The average molecular weight is 381 g/mol. The maximum Gasteiger partial charge on any atom is 0.239 e. The van der Waals surface area contributed by atoms with Gasteiger partial charge in [-0.05, 0) is 39.2 Å². The Morgan fingerprint density at radius 2 is 1.42 bits per heavy atom. The summed E-state index contributed by atoms with van der Waals surface area (Å²) >= 11 is 3.29. The fraction of sp³-hybridized carbons (Fsp3) is 0.0526. The molecule has 0 spiro atoms. The number of hydrogen-bond donors (Lipinski definition) is 0. The zero-order valence-corrected chi connectivity index (χ0v) is 14.2. The van der Waals surface area contributed by atoms with Gasteiger partial charge in [-0.3, -0.25) is 0 Å². The van der Waals surface area contributed by atoms with Gasteiger partial charge in [-0.25, -0.2) is 0 Å². The van der Waals surface area contributed by atoms with E-state index in [0.29, 0.717) is 22.1 Å². The fourth-order valence-electron chi connectivity index (χ4n) is 2.66. The van der Waals surface area contributed by atoms with Crippen LogP contribution in [0.3, 0.4) is 0 Å². The van der Waals surface area contributed by atoms with Gasteiger partial charge in [-0.2, -0.15) is 4.98 Å². The molecule has 0 bridgehead atoms. The minimum atomic E-state index is -0.118. The maximum atomic E-state index is 5.56. The second-order valence-corrected chi connectivity index (χ2v) is 6.10. The predicted molar refractivity (Wildman–Crippen MR) is 93.5 cm³/mol. The van der Waals surface area contributed by atoms with E-state index in [1.807, 2.05) is 36.4 Å². The molecular weight excluding hydrogens is 368 g/mol. The molecule has 4 nitrogen and oxygen atoms in total. The van der Waals surface area contributed by atoms with Crippen molar-refractivity contribution < 1.29 is 8.94 Å². The number of hydrogen-bond acceptors (Lipinski definition) is 4. The van der Waals surface area contributed by atoms with Crippen molar-refractivity contribution in [3.8, 4) is 11.6 Å². The van der Waals surface area contributed by atoms with E-state index in [0.717, 1.165) is 11.1 Å². The number of furan rings is 1. The van der Waals surface area contributed by atoms with Crippen LogP contribution in [0.5, 0.6) is 0 Å². The first-order chi connectivity index (χ1) is 11.8. The SMILES string of the molecule is Brc1ccc(-c2noc(C(c3ccccc3)c3ccccc3)n2)o1. The molecule has 5 heteroatoms. The third-order valence-corrected chi connectivity index (χ3v) is 4.17. The van der Waals surface area contributed by atoms with Crippen LogP contribution in [0.25, 0.3) is 11.6 Å². The molecule has 4 rings (SSSR count). The summed E-state index contributed by atoms with van der Waals surface area (Å²) < 4.78 is 11.7. The van der Waals surface area contributed by atoms with E-state index in [1.165, 1.54) is 0 Å². The second kappa shape index (κ2) is 6.45. The Labute approximate surface area is 147 Å². The molecule has 0 atom stereocenters. The highest BCUT2D eigenvalue weighted by Gasteiger charge is 2.24. The van der Waals surface area contributed by atoms with Crippen LogP contribution < -0.4 is 0 Å². The lowest BCUT2D eigenvalue weighted by Crippen LogP contribution is -2.03. The molecule has 0 unspecified atom stereocenters. The lowest BCUT2D eigenvalue weighted by Gasteiger charge is -2.13. The zero-order chi connectivity index (χ0) is 16.4. The molecule has 0 aliphatic rings. The third kappa shape index (κ3) is 2.90. The monoisotopic (exact) mass is 380 g/mol. The number of benzene rings is 2. The molecule has 2 heterocycles. The van der Waals surface area contributed by atoms with Crippen molar-refractivity contribution in [2.24, 2.45) is 0 Å². The van der Waals surface area contributed by atoms with Gasteiger partial charge in [0, 0.05) is 0 Å². The molecule has 2 aromatic heterocycles. The van der Waals surface area contributed by atoms with Crippen LogP contribution in [0.4, 0.5) is 0 Å². The van der Waals surface area contributed by atoms with E-state index in [4.69, 9.17) is 8.94 Å². The minimum Gasteiger partial charge on any atom is -0.446 e. The van der Waals surface area contributed by atoms with Gasteiger partial charge in [0.05, 0.1) is 5.92 Å². The van der Waals surface area contributed by atoms with Crippen molar-refractivity contribution >= 4 is 15.9 Å². The Morgan fingerprint density at radius 3 is 1.96 bits per heavy atom. The van der Waals surface area contributed by atoms with Crippen LogP contribution in [0.2, 0.25) is 0 Å². The summed E-state index contributed by atoms with van der Waals surface area (Å²) in [7, 11) is 0. The van der Waals surface area contributed by atoms with Gasteiger partial charge in [0.2, 0.25) is 11.7 Å². The van der Waals surface area contributed by atoms with Gasteiger partial charge >= 0.3 is 0 Å². The molecule has 2 aromatic carbocycles. The first-order valence-electron chi connectivity index (χ1n) is 7.50. The Kier molecular flexibility index (Phi) is 4.01. The molecule has 0 radical (unpaired) electrons. The Morgan fingerprint density at radius 1 is 0.792 bits per heavy atom. The number of nitrogens with zero attached hydrogens (tertiary/aromatic N) is 2. The normalized spacial score (nSPS) is 11.1. The van der Waals surface area contributed by atoms with Gasteiger partial charge in [0.1, 0.15) is 0 Å². The summed E-state index contributed by atoms with van der Waals surface area (Å²) in [6.45, 7) is 0. The summed E-state index contributed by atoms with van der Waals surface area (Å²) in [6.07, 6.45) is 0. The number of halogens is 1. The van der Waals surface area contributed by atoms with Crippen molar-refractivity contribution in [2.45, 2.75) is 5.92 Å². The molecular formula is C19H13BrN2O2. The van der Waals surface area contributed by atoms with E-state index in [9.17, 15) is 0 Å². The van der Waals surface area contributed by atoms with Crippen molar-refractivity contribution in [2.75, 3.05) is 0 Å². The predicted octanol–water partition coefficient (Wildman–Crippen LogP) is 5.27. The molecule has 0 saturated carbocycles. The highest BCUT2D eigenvalue weighted by Crippen LogP contribution is 2.32. The molecule has 4 aromatic rings. The molecule has 0 aliphatic heterocycles. The third-order valence-electron chi connectivity index (χ3n) is 3.75. The summed E-state index contributed by atoms with van der Waals surface area (Å²) in [5.41, 5.74) is 2.19. The Balaban J connectivity index is 1.79. The van der Waals surface area contributed by atoms with Gasteiger partial charge in [0.15, 0.2) is 10.4 Å². The zero-order valence-electron chi connectivity index (χ0n) is 12.6. The van der Waals surface area contributed by atoms with Gasteiger partial charge < -0.3 is 8.94 Å². The second-order valence-electron chi connectivity index (χ2n) is 5.31. The van der Waals surface area contributed by atoms with Crippen molar-refractivity contribution in [1.82, 2.24) is 10.1 Å². The Bertz CT molecular complexity index is 893. The number of aromatic nitrogens is 2. The molecule has 24 heavy (non-hydrogen) atoms. The van der Waals surface area contributed by atoms with Crippen LogP contribution in [0.15, 0.2) is 86.4 Å². The summed E-state index contributed by atoms with van der Waals surface area (Å²) in [4.78, 5) is 4.55. The molecule has 0 fully saturated rings. The van der Waals surface area contributed by atoms with Crippen LogP contribution in [0, 0.1) is 0 Å². The van der Waals surface area contributed by atoms with E-state index < -0.39 is 0 Å². The highest BCUT2D eigenvalue weighted by molar-refractivity contribution is 9.10. The maximum absolute atomic E-state index is 5.56. The highest BCUT2D eigenvalue weighted by atomic mass is 79.9. The first-order valence-corrected chi connectivity index (χ1v) is 8.30. The van der Waals surface area contributed by atoms with Crippen molar-refractivity contribution in [1.29, 1.82) is 0 Å². The first kappa shape index (κ1) is 14.9. The quantitative estimate of drug-likeness (QED) is 0.483. The molecule has 0 aliphatic carbocycles. The topological polar surface area (TPSA) is 52.1 Å². The van der Waals surface area contributed by atoms with Crippen molar-refractivity contribution in [3.63, 3.8) is 0 Å². The summed E-state index contributed by atoms with van der Waals surface area (Å²) in [6, 6.07) is 23.9. The Hall–Kier alpha value is -2.66. The molecule has 0 amide bonds. The van der Waals surface area contributed by atoms with E-state index in [2.05, 4.69) is 50.3 Å². The largest absolute Gasteiger partial charge is 0.446 e. The van der Waals surface area contributed by atoms with Gasteiger partial charge in [-0.15, -0.1) is 0 Å². The minimum absolute atomic E-state index is 0.118. The molecule has 0 N–H and O–H groups in total.